The van der Waals surface area contributed by atoms with Gasteiger partial charge in [0.15, 0.2) is 5.82 Å². The third-order valence-corrected chi connectivity index (χ3v) is 5.56. The molecule has 0 atom stereocenters. The Balaban J connectivity index is 1.72. The van der Waals surface area contributed by atoms with Crippen LogP contribution in [0.3, 0.4) is 0 Å². The summed E-state index contributed by atoms with van der Waals surface area (Å²) >= 11 is 0. The first-order valence-electron chi connectivity index (χ1n) is 8.54. The van der Waals surface area contributed by atoms with Gasteiger partial charge in [0.1, 0.15) is 12.5 Å². The fourth-order valence-corrected chi connectivity index (χ4v) is 3.14. The van der Waals surface area contributed by atoms with Crippen molar-refractivity contribution in [3.05, 3.63) is 30.9 Å². The number of aryl methyl sites for hydroxylation is 1. The Morgan fingerprint density at radius 3 is 2.54 bits per heavy atom. The highest BCUT2D eigenvalue weighted by Crippen LogP contribution is 2.22. The molecule has 0 unspecified atom stereocenters. The summed E-state index contributed by atoms with van der Waals surface area (Å²) in [5, 5.41) is 8.50. The molecule has 3 aromatic rings. The van der Waals surface area contributed by atoms with Crippen molar-refractivity contribution in [2.45, 2.75) is 32.4 Å². The van der Waals surface area contributed by atoms with Crippen molar-refractivity contribution in [2.24, 2.45) is 7.05 Å². The maximum Gasteiger partial charge on any atom is 0.165 e. The first-order valence-corrected chi connectivity index (χ1v) is 12.2. The van der Waals surface area contributed by atoms with Crippen LogP contribution in [0.4, 0.5) is 5.82 Å². The third kappa shape index (κ3) is 4.76. The number of aromatic nitrogens is 6. The van der Waals surface area contributed by atoms with Gasteiger partial charge in [0.25, 0.3) is 0 Å². The van der Waals surface area contributed by atoms with Crippen LogP contribution in [0.1, 0.15) is 0 Å². The molecule has 0 fully saturated rings. The first-order chi connectivity index (χ1) is 12.3. The van der Waals surface area contributed by atoms with Crippen LogP contribution >= 0.6 is 0 Å². The second-order valence-corrected chi connectivity index (χ2v) is 13.1. The summed E-state index contributed by atoms with van der Waals surface area (Å²) in [7, 11) is 0.781. The van der Waals surface area contributed by atoms with Crippen molar-refractivity contribution >= 4 is 13.9 Å². The molecule has 0 aromatic carbocycles. The van der Waals surface area contributed by atoms with E-state index in [9.17, 15) is 0 Å². The zero-order valence-corrected chi connectivity index (χ0v) is 16.7. The normalized spacial score (nSPS) is 11.8. The van der Waals surface area contributed by atoms with Crippen LogP contribution < -0.4 is 5.73 Å². The zero-order valence-electron chi connectivity index (χ0n) is 15.7. The number of hydrogen-bond acceptors (Lipinski definition) is 6. The van der Waals surface area contributed by atoms with Crippen LogP contribution in [-0.2, 0) is 18.5 Å². The van der Waals surface area contributed by atoms with Gasteiger partial charge < -0.3 is 10.5 Å². The Bertz CT molecular complexity index is 881. The molecule has 26 heavy (non-hydrogen) atoms. The number of hydrogen-bond donors (Lipinski definition) is 1. The molecule has 0 radical (unpaired) electrons. The van der Waals surface area contributed by atoms with Gasteiger partial charge in [-0.25, -0.2) is 14.6 Å². The molecule has 0 aliphatic rings. The quantitative estimate of drug-likeness (QED) is 0.506. The van der Waals surface area contributed by atoms with Crippen LogP contribution in [-0.4, -0.2) is 44.2 Å². The zero-order chi connectivity index (χ0) is 18.7. The Morgan fingerprint density at radius 1 is 1.08 bits per heavy atom. The van der Waals surface area contributed by atoms with Crippen molar-refractivity contribution in [3.63, 3.8) is 0 Å². The Morgan fingerprint density at radius 2 is 1.85 bits per heavy atom. The van der Waals surface area contributed by atoms with Crippen LogP contribution in [0.2, 0.25) is 25.7 Å². The highest BCUT2D eigenvalue weighted by atomic mass is 28.3. The average molecular weight is 372 g/mol. The topological polar surface area (TPSA) is 96.7 Å². The van der Waals surface area contributed by atoms with E-state index in [2.05, 4.69) is 39.8 Å². The highest BCUT2D eigenvalue weighted by Gasteiger charge is 2.13. The lowest BCUT2D eigenvalue weighted by atomic mass is 10.2. The van der Waals surface area contributed by atoms with E-state index in [1.165, 1.54) is 0 Å². The lowest BCUT2D eigenvalue weighted by Crippen LogP contribution is -2.22. The number of nitrogen functional groups attached to an aromatic ring is 1. The fraction of sp³-hybridized carbons (Fsp3) is 0.412. The van der Waals surface area contributed by atoms with Gasteiger partial charge in [-0.3, -0.25) is 4.68 Å². The van der Waals surface area contributed by atoms with Crippen LogP contribution in [0, 0.1) is 0 Å². The second-order valence-electron chi connectivity index (χ2n) is 7.52. The van der Waals surface area contributed by atoms with E-state index in [-0.39, 0.29) is 0 Å². The van der Waals surface area contributed by atoms with Crippen LogP contribution in [0.5, 0.6) is 0 Å². The average Bonchev–Trinajstić information content (AvgIpc) is 3.19. The molecule has 0 saturated carbocycles. The van der Waals surface area contributed by atoms with Gasteiger partial charge in [0, 0.05) is 45.8 Å². The van der Waals surface area contributed by atoms with Gasteiger partial charge in [-0.1, -0.05) is 19.6 Å². The molecule has 9 heteroatoms. The van der Waals surface area contributed by atoms with Gasteiger partial charge in [-0.05, 0) is 6.04 Å². The summed E-state index contributed by atoms with van der Waals surface area (Å²) in [4.78, 5) is 8.93. The van der Waals surface area contributed by atoms with E-state index >= 15 is 0 Å². The highest BCUT2D eigenvalue weighted by molar-refractivity contribution is 6.76. The van der Waals surface area contributed by atoms with Crippen molar-refractivity contribution in [1.82, 2.24) is 29.5 Å². The predicted molar refractivity (Wildman–Crippen MR) is 104 cm³/mol. The minimum Gasteiger partial charge on any atom is -0.384 e. The summed E-state index contributed by atoms with van der Waals surface area (Å²) in [6, 6.07) is 2.87. The first kappa shape index (κ1) is 18.3. The van der Waals surface area contributed by atoms with Crippen molar-refractivity contribution in [1.29, 1.82) is 0 Å². The van der Waals surface area contributed by atoms with E-state index in [1.54, 1.807) is 27.8 Å². The molecule has 0 bridgehead atoms. The van der Waals surface area contributed by atoms with Crippen LogP contribution in [0.25, 0.3) is 22.6 Å². The summed E-state index contributed by atoms with van der Waals surface area (Å²) in [5.74, 6) is 0.949. The van der Waals surface area contributed by atoms with Crippen molar-refractivity contribution in [2.75, 3.05) is 12.3 Å². The van der Waals surface area contributed by atoms with Crippen molar-refractivity contribution < 1.29 is 4.74 Å². The van der Waals surface area contributed by atoms with E-state index in [1.807, 2.05) is 19.4 Å². The molecule has 0 saturated heterocycles. The Labute approximate surface area is 154 Å². The molecule has 3 aromatic heterocycles. The molecule has 2 N–H and O–H groups in total. The van der Waals surface area contributed by atoms with E-state index in [0.29, 0.717) is 18.4 Å². The van der Waals surface area contributed by atoms with E-state index in [4.69, 9.17) is 10.5 Å². The number of nitrogens with zero attached hydrogens (tertiary/aromatic N) is 6. The van der Waals surface area contributed by atoms with E-state index < -0.39 is 8.07 Å². The summed E-state index contributed by atoms with van der Waals surface area (Å²) in [5.41, 5.74) is 8.39. The maximum atomic E-state index is 5.96. The minimum absolute atomic E-state index is 0.410. The van der Waals surface area contributed by atoms with Crippen molar-refractivity contribution in [3.8, 4) is 22.6 Å². The number of rotatable bonds is 7. The minimum atomic E-state index is -1.08. The molecule has 0 aliphatic heterocycles. The van der Waals surface area contributed by atoms with E-state index in [0.717, 1.165) is 29.5 Å². The SMILES string of the molecule is Cn1cc(-c2cc(N)nc(-c3cnn(COCC[Si](C)(C)C)c3)n2)cn1. The molecule has 0 spiro atoms. The van der Waals surface area contributed by atoms with Gasteiger partial charge in [-0.15, -0.1) is 0 Å². The van der Waals surface area contributed by atoms with Gasteiger partial charge in [0.2, 0.25) is 0 Å². The summed E-state index contributed by atoms with van der Waals surface area (Å²) < 4.78 is 9.19. The summed E-state index contributed by atoms with van der Waals surface area (Å²) in [6.45, 7) is 8.17. The Kier molecular flexibility index (Phi) is 5.19. The predicted octanol–water partition coefficient (Wildman–Crippen LogP) is 2.64. The number of nitrogens with two attached hydrogens (primary N) is 1. The number of ether oxygens (including phenoxy) is 1. The fourth-order valence-electron chi connectivity index (χ4n) is 2.38. The molecule has 138 valence electrons. The monoisotopic (exact) mass is 371 g/mol. The molecular weight excluding hydrogens is 346 g/mol. The second kappa shape index (κ2) is 7.38. The number of anilines is 1. The van der Waals surface area contributed by atoms with Gasteiger partial charge in [0.05, 0.1) is 23.7 Å². The molecule has 0 amide bonds. The molecular formula is C17H25N7OSi. The largest absolute Gasteiger partial charge is 0.384 e. The van der Waals surface area contributed by atoms with Crippen LogP contribution in [0.15, 0.2) is 30.9 Å². The Hall–Kier alpha value is -2.52. The summed E-state index contributed by atoms with van der Waals surface area (Å²) in [6.07, 6.45) is 7.24. The van der Waals surface area contributed by atoms with Gasteiger partial charge >= 0.3 is 0 Å². The maximum absolute atomic E-state index is 5.96. The third-order valence-electron chi connectivity index (χ3n) is 3.86. The molecule has 3 rings (SSSR count). The molecule has 0 aliphatic carbocycles. The lowest BCUT2D eigenvalue weighted by Gasteiger charge is -2.15. The van der Waals surface area contributed by atoms with Gasteiger partial charge in [-0.2, -0.15) is 10.2 Å². The smallest absolute Gasteiger partial charge is 0.165 e. The lowest BCUT2D eigenvalue weighted by molar-refractivity contribution is 0.0786. The standard InChI is InChI=1S/C17H25N7OSi/c1-23-10-13(8-19-23)15-7-16(18)22-17(21-15)14-9-20-24(11-14)12-25-5-6-26(2,3)4/h7-11H,5-6,12H2,1-4H3,(H2,18,21,22). The molecule has 8 nitrogen and oxygen atoms in total. The molecule has 3 heterocycles.